The molecule has 1 aromatic carbocycles. The second-order valence-electron chi connectivity index (χ2n) is 3.80. The van der Waals surface area contributed by atoms with Crippen LogP contribution in [0.5, 0.6) is 5.75 Å². The van der Waals surface area contributed by atoms with Gasteiger partial charge in [0.15, 0.2) is 0 Å². The Labute approximate surface area is 95.0 Å². The fraction of sp³-hybridized carbons (Fsp3) is 0.417. The van der Waals surface area contributed by atoms with Crippen molar-refractivity contribution < 1.29 is 9.53 Å². The molecule has 1 saturated heterocycles. The number of anilines is 1. The van der Waals surface area contributed by atoms with E-state index in [0.717, 1.165) is 24.5 Å². The van der Waals surface area contributed by atoms with Crippen LogP contribution in [0, 0.1) is 5.92 Å². The molecule has 1 aliphatic heterocycles. The Morgan fingerprint density at radius 1 is 1.44 bits per heavy atom. The van der Waals surface area contributed by atoms with Crippen molar-refractivity contribution in [2.24, 2.45) is 5.92 Å². The van der Waals surface area contributed by atoms with Gasteiger partial charge in [-0.2, -0.15) is 0 Å². The minimum Gasteiger partial charge on any atom is -0.494 e. The van der Waals surface area contributed by atoms with Crippen LogP contribution in [-0.2, 0) is 4.79 Å². The molecule has 1 aromatic rings. The van der Waals surface area contributed by atoms with Gasteiger partial charge in [-0.05, 0) is 31.2 Å². The third-order valence-electron chi connectivity index (χ3n) is 2.59. The molecule has 1 aliphatic rings. The molecule has 16 heavy (non-hydrogen) atoms. The van der Waals surface area contributed by atoms with Gasteiger partial charge < -0.3 is 15.4 Å². The molecule has 4 heteroatoms. The van der Waals surface area contributed by atoms with Crippen LogP contribution in [0.15, 0.2) is 24.3 Å². The van der Waals surface area contributed by atoms with Crippen molar-refractivity contribution in [1.82, 2.24) is 5.32 Å². The highest BCUT2D eigenvalue weighted by molar-refractivity contribution is 5.93. The third kappa shape index (κ3) is 2.52. The van der Waals surface area contributed by atoms with Crippen molar-refractivity contribution in [1.29, 1.82) is 0 Å². The van der Waals surface area contributed by atoms with Crippen LogP contribution in [0.1, 0.15) is 6.92 Å². The average molecular weight is 220 g/mol. The van der Waals surface area contributed by atoms with E-state index in [-0.39, 0.29) is 11.8 Å². The molecule has 0 radical (unpaired) electrons. The van der Waals surface area contributed by atoms with E-state index in [1.165, 1.54) is 0 Å². The van der Waals surface area contributed by atoms with Gasteiger partial charge in [0.1, 0.15) is 5.75 Å². The molecule has 1 heterocycles. The SMILES string of the molecule is CCOc1ccc(NC(=O)C2CNC2)cc1. The van der Waals surface area contributed by atoms with Crippen molar-refractivity contribution in [2.75, 3.05) is 25.0 Å². The Hall–Kier alpha value is -1.55. The van der Waals surface area contributed by atoms with Gasteiger partial charge in [-0.1, -0.05) is 0 Å². The standard InChI is InChI=1S/C12H16N2O2/c1-2-16-11-5-3-10(4-6-11)14-12(15)9-7-13-8-9/h3-6,9,13H,2,7-8H2,1H3,(H,14,15). The minimum absolute atomic E-state index is 0.0860. The normalized spacial score (nSPS) is 15.3. The van der Waals surface area contributed by atoms with E-state index in [4.69, 9.17) is 4.74 Å². The van der Waals surface area contributed by atoms with Crippen molar-refractivity contribution >= 4 is 11.6 Å². The summed E-state index contributed by atoms with van der Waals surface area (Å²) < 4.78 is 5.32. The highest BCUT2D eigenvalue weighted by atomic mass is 16.5. The van der Waals surface area contributed by atoms with Crippen molar-refractivity contribution in [3.05, 3.63) is 24.3 Å². The van der Waals surface area contributed by atoms with Crippen LogP contribution in [0.4, 0.5) is 5.69 Å². The number of carbonyl (C=O) groups excluding carboxylic acids is 1. The van der Waals surface area contributed by atoms with E-state index >= 15 is 0 Å². The predicted octanol–water partition coefficient (Wildman–Crippen LogP) is 1.24. The van der Waals surface area contributed by atoms with Crippen molar-refractivity contribution in [3.8, 4) is 5.75 Å². The summed E-state index contributed by atoms with van der Waals surface area (Å²) in [5.41, 5.74) is 0.820. The zero-order valence-corrected chi connectivity index (χ0v) is 9.32. The second-order valence-corrected chi connectivity index (χ2v) is 3.80. The number of amides is 1. The Morgan fingerprint density at radius 2 is 2.12 bits per heavy atom. The maximum Gasteiger partial charge on any atom is 0.230 e. The van der Waals surface area contributed by atoms with E-state index in [2.05, 4.69) is 10.6 Å². The molecule has 0 bridgehead atoms. The molecule has 2 N–H and O–H groups in total. The Balaban J connectivity index is 1.91. The number of hydrogen-bond acceptors (Lipinski definition) is 3. The largest absolute Gasteiger partial charge is 0.494 e. The van der Waals surface area contributed by atoms with Crippen molar-refractivity contribution in [2.45, 2.75) is 6.92 Å². The van der Waals surface area contributed by atoms with Gasteiger partial charge >= 0.3 is 0 Å². The molecule has 0 aromatic heterocycles. The molecule has 1 amide bonds. The number of hydrogen-bond donors (Lipinski definition) is 2. The molecular formula is C12H16N2O2. The van der Waals surface area contributed by atoms with E-state index in [1.54, 1.807) is 0 Å². The van der Waals surface area contributed by atoms with Gasteiger partial charge in [-0.15, -0.1) is 0 Å². The quantitative estimate of drug-likeness (QED) is 0.802. The Morgan fingerprint density at radius 3 is 2.62 bits per heavy atom. The molecule has 0 saturated carbocycles. The van der Waals surface area contributed by atoms with Gasteiger partial charge in [0.05, 0.1) is 12.5 Å². The van der Waals surface area contributed by atoms with Gasteiger partial charge in [-0.3, -0.25) is 4.79 Å². The average Bonchev–Trinajstić information content (AvgIpc) is 2.18. The van der Waals surface area contributed by atoms with Crippen LogP contribution in [0.2, 0.25) is 0 Å². The number of rotatable bonds is 4. The predicted molar refractivity (Wildman–Crippen MR) is 62.6 cm³/mol. The van der Waals surface area contributed by atoms with E-state index in [1.807, 2.05) is 31.2 Å². The second kappa shape index (κ2) is 4.99. The van der Waals surface area contributed by atoms with E-state index < -0.39 is 0 Å². The van der Waals surface area contributed by atoms with Crippen LogP contribution in [0.25, 0.3) is 0 Å². The summed E-state index contributed by atoms with van der Waals surface area (Å²) in [4.78, 5) is 11.6. The zero-order valence-electron chi connectivity index (χ0n) is 9.32. The summed E-state index contributed by atoms with van der Waals surface area (Å²) in [6.45, 7) is 4.16. The fourth-order valence-electron chi connectivity index (χ4n) is 1.52. The summed E-state index contributed by atoms with van der Waals surface area (Å²) in [5, 5.41) is 5.95. The van der Waals surface area contributed by atoms with Crippen LogP contribution in [0.3, 0.4) is 0 Å². The van der Waals surface area contributed by atoms with Gasteiger partial charge in [0, 0.05) is 18.8 Å². The summed E-state index contributed by atoms with van der Waals surface area (Å²) in [7, 11) is 0. The molecule has 0 aliphatic carbocycles. The Bertz CT molecular complexity index is 358. The first-order valence-electron chi connectivity index (χ1n) is 5.54. The molecule has 4 nitrogen and oxygen atoms in total. The first kappa shape index (κ1) is 11.0. The lowest BCUT2D eigenvalue weighted by Crippen LogP contribution is -2.48. The molecule has 2 rings (SSSR count). The lowest BCUT2D eigenvalue weighted by molar-refractivity contribution is -0.121. The van der Waals surface area contributed by atoms with Crippen LogP contribution >= 0.6 is 0 Å². The summed E-state index contributed by atoms with van der Waals surface area (Å²) in [5.74, 6) is 1.03. The molecule has 0 spiro atoms. The first-order chi connectivity index (χ1) is 7.79. The van der Waals surface area contributed by atoms with Crippen molar-refractivity contribution in [3.63, 3.8) is 0 Å². The summed E-state index contributed by atoms with van der Waals surface area (Å²) >= 11 is 0. The third-order valence-corrected chi connectivity index (χ3v) is 2.59. The monoisotopic (exact) mass is 220 g/mol. The maximum absolute atomic E-state index is 11.6. The molecular weight excluding hydrogens is 204 g/mol. The first-order valence-corrected chi connectivity index (χ1v) is 5.54. The van der Waals surface area contributed by atoms with E-state index in [9.17, 15) is 4.79 Å². The molecule has 0 atom stereocenters. The number of ether oxygens (including phenoxy) is 1. The molecule has 0 unspecified atom stereocenters. The zero-order chi connectivity index (χ0) is 11.4. The van der Waals surface area contributed by atoms with Crippen LogP contribution < -0.4 is 15.4 Å². The molecule has 86 valence electrons. The Kier molecular flexibility index (Phi) is 3.41. The number of benzene rings is 1. The highest BCUT2D eigenvalue weighted by Crippen LogP contribution is 2.16. The van der Waals surface area contributed by atoms with Gasteiger partial charge in [0.2, 0.25) is 5.91 Å². The lowest BCUT2D eigenvalue weighted by Gasteiger charge is -2.25. The topological polar surface area (TPSA) is 50.4 Å². The minimum atomic E-state index is 0.0860. The summed E-state index contributed by atoms with van der Waals surface area (Å²) in [6.07, 6.45) is 0. The number of nitrogens with one attached hydrogen (secondary N) is 2. The highest BCUT2D eigenvalue weighted by Gasteiger charge is 2.24. The van der Waals surface area contributed by atoms with Gasteiger partial charge in [0.25, 0.3) is 0 Å². The summed E-state index contributed by atoms with van der Waals surface area (Å²) in [6, 6.07) is 7.43. The maximum atomic E-state index is 11.6. The molecule has 1 fully saturated rings. The van der Waals surface area contributed by atoms with Gasteiger partial charge in [-0.25, -0.2) is 0 Å². The van der Waals surface area contributed by atoms with E-state index in [0.29, 0.717) is 6.61 Å². The smallest absolute Gasteiger partial charge is 0.230 e. The lowest BCUT2D eigenvalue weighted by atomic mass is 10.0. The fourth-order valence-corrected chi connectivity index (χ4v) is 1.52. The number of carbonyl (C=O) groups is 1. The van der Waals surface area contributed by atoms with Crippen LogP contribution in [-0.4, -0.2) is 25.6 Å².